The van der Waals surface area contributed by atoms with Crippen molar-refractivity contribution in [2.75, 3.05) is 19.0 Å². The number of amides is 1. The van der Waals surface area contributed by atoms with Crippen LogP contribution in [0.15, 0.2) is 90.5 Å². The number of rotatable bonds is 7. The predicted octanol–water partition coefficient (Wildman–Crippen LogP) is 6.85. The van der Waals surface area contributed by atoms with Crippen molar-refractivity contribution in [2.45, 2.75) is 39.3 Å². The molecular weight excluding hydrogens is 512 g/mol. The average Bonchev–Trinajstić information content (AvgIpc) is 2.98. The molecule has 1 aliphatic heterocycles. The normalized spacial score (nSPS) is 17.3. The number of ether oxygens (including phenoxy) is 2. The zero-order valence-electron chi connectivity index (χ0n) is 23.6. The van der Waals surface area contributed by atoms with Gasteiger partial charge in [0.1, 0.15) is 0 Å². The van der Waals surface area contributed by atoms with Crippen LogP contribution in [0.25, 0.3) is 16.3 Å². The molecule has 2 aliphatic rings. The Morgan fingerprint density at radius 2 is 1.73 bits per heavy atom. The molecule has 1 amide bonds. The summed E-state index contributed by atoms with van der Waals surface area (Å²) < 4.78 is 11.5. The van der Waals surface area contributed by atoms with Gasteiger partial charge in [-0.15, -0.1) is 0 Å². The smallest absolute Gasteiger partial charge is 0.258 e. The van der Waals surface area contributed by atoms with Crippen LogP contribution in [-0.4, -0.2) is 25.4 Å². The van der Waals surface area contributed by atoms with E-state index in [4.69, 9.17) is 9.47 Å². The topological polar surface area (TPSA) is 76.7 Å². The lowest BCUT2D eigenvalue weighted by atomic mass is 9.68. The molecule has 1 unspecified atom stereocenters. The van der Waals surface area contributed by atoms with E-state index in [-0.39, 0.29) is 29.8 Å². The number of allylic oxidation sites excluding steroid dienone is 1. The highest BCUT2D eigenvalue weighted by molar-refractivity contribution is 6.12. The fourth-order valence-corrected chi connectivity index (χ4v) is 6.06. The van der Waals surface area contributed by atoms with E-state index in [0.29, 0.717) is 24.5 Å². The molecule has 41 heavy (non-hydrogen) atoms. The molecule has 0 spiro atoms. The van der Waals surface area contributed by atoms with Crippen molar-refractivity contribution in [1.82, 2.24) is 5.32 Å². The summed E-state index contributed by atoms with van der Waals surface area (Å²) in [5.41, 5.74) is 5.90. The lowest BCUT2D eigenvalue weighted by molar-refractivity contribution is -0.123. The van der Waals surface area contributed by atoms with Crippen molar-refractivity contribution in [3.8, 4) is 11.5 Å². The maximum Gasteiger partial charge on any atom is 0.258 e. The number of benzene rings is 4. The Hall–Kier alpha value is -4.58. The number of anilines is 1. The molecule has 4 aromatic carbocycles. The molecule has 1 heterocycles. The summed E-state index contributed by atoms with van der Waals surface area (Å²) in [5.74, 6) is 0.929. The second-order valence-corrected chi connectivity index (χ2v) is 11.6. The number of Topliss-reactive ketones (excluding diaryl/α,β-unsaturated/α-hetero) is 1. The monoisotopic (exact) mass is 546 g/mol. The van der Waals surface area contributed by atoms with Gasteiger partial charge in [0.25, 0.3) is 5.91 Å². The van der Waals surface area contributed by atoms with Crippen LogP contribution in [-0.2, 0) is 16.1 Å². The molecule has 6 rings (SSSR count). The van der Waals surface area contributed by atoms with Gasteiger partial charge in [-0.1, -0.05) is 80.6 Å². The van der Waals surface area contributed by atoms with Crippen LogP contribution in [0.2, 0.25) is 0 Å². The van der Waals surface area contributed by atoms with E-state index in [2.05, 4.69) is 54.8 Å². The Balaban J connectivity index is 1.29. The van der Waals surface area contributed by atoms with Gasteiger partial charge in [-0.25, -0.2) is 0 Å². The highest BCUT2D eigenvalue weighted by atomic mass is 16.5. The quantitative estimate of drug-likeness (QED) is 0.265. The summed E-state index contributed by atoms with van der Waals surface area (Å²) in [6, 6.07) is 27.7. The van der Waals surface area contributed by atoms with Crippen LogP contribution in [0.1, 0.15) is 49.4 Å². The number of methoxy groups -OCH3 is 1. The van der Waals surface area contributed by atoms with E-state index in [1.807, 2.05) is 54.6 Å². The van der Waals surface area contributed by atoms with E-state index in [9.17, 15) is 9.59 Å². The Bertz CT molecular complexity index is 1670. The van der Waals surface area contributed by atoms with Crippen molar-refractivity contribution in [2.24, 2.45) is 5.41 Å². The summed E-state index contributed by atoms with van der Waals surface area (Å²) in [6.07, 6.45) is 1.32. The Morgan fingerprint density at radius 3 is 2.54 bits per heavy atom. The van der Waals surface area contributed by atoms with Gasteiger partial charge in [-0.05, 0) is 57.5 Å². The predicted molar refractivity (Wildman–Crippen MR) is 162 cm³/mol. The first-order valence-electron chi connectivity index (χ1n) is 14.0. The summed E-state index contributed by atoms with van der Waals surface area (Å²) in [7, 11) is 1.58. The first kappa shape index (κ1) is 26.6. The van der Waals surface area contributed by atoms with Crippen molar-refractivity contribution < 1.29 is 19.1 Å². The number of carbonyl (C=O) groups excluding carboxylic acids is 2. The first-order chi connectivity index (χ1) is 19.8. The molecule has 6 nitrogen and oxygen atoms in total. The fourth-order valence-electron chi connectivity index (χ4n) is 6.06. The third-order valence-electron chi connectivity index (χ3n) is 7.95. The molecule has 0 aromatic heterocycles. The van der Waals surface area contributed by atoms with Gasteiger partial charge in [-0.2, -0.15) is 0 Å². The fraction of sp³-hybridized carbons (Fsp3) is 0.257. The summed E-state index contributed by atoms with van der Waals surface area (Å²) in [5, 5.41) is 8.86. The molecule has 0 saturated carbocycles. The van der Waals surface area contributed by atoms with Gasteiger partial charge in [-0.3, -0.25) is 9.59 Å². The molecular formula is C35H34N2O4. The largest absolute Gasteiger partial charge is 0.493 e. The highest BCUT2D eigenvalue weighted by Crippen LogP contribution is 2.52. The molecule has 2 N–H and O–H groups in total. The van der Waals surface area contributed by atoms with Crippen molar-refractivity contribution in [1.29, 1.82) is 0 Å². The van der Waals surface area contributed by atoms with E-state index in [0.717, 1.165) is 50.7 Å². The van der Waals surface area contributed by atoms with Gasteiger partial charge >= 0.3 is 0 Å². The van der Waals surface area contributed by atoms with E-state index in [1.54, 1.807) is 7.11 Å². The van der Waals surface area contributed by atoms with Crippen molar-refractivity contribution in [3.63, 3.8) is 0 Å². The second kappa shape index (κ2) is 10.8. The molecule has 0 radical (unpaired) electrons. The SMILES string of the molecule is COc1cc(C2Nc3ccc4ccccc4c3C3=C2C(=O)CC(C)(C)C3)ccc1OCC(=O)NCc1ccccc1. The summed E-state index contributed by atoms with van der Waals surface area (Å²) in [4.78, 5) is 26.2. The average molecular weight is 547 g/mol. The number of hydrogen-bond acceptors (Lipinski definition) is 5. The van der Waals surface area contributed by atoms with E-state index in [1.165, 1.54) is 0 Å². The van der Waals surface area contributed by atoms with E-state index >= 15 is 0 Å². The van der Waals surface area contributed by atoms with E-state index < -0.39 is 0 Å². The molecule has 0 saturated heterocycles. The zero-order valence-corrected chi connectivity index (χ0v) is 23.6. The number of fused-ring (bicyclic) bond motifs is 4. The van der Waals surface area contributed by atoms with Gasteiger partial charge in [0.15, 0.2) is 23.9 Å². The van der Waals surface area contributed by atoms with Gasteiger partial charge < -0.3 is 20.1 Å². The lowest BCUT2D eigenvalue weighted by Gasteiger charge is -2.40. The number of carbonyl (C=O) groups is 2. The molecule has 1 aliphatic carbocycles. The Morgan fingerprint density at radius 1 is 0.951 bits per heavy atom. The third-order valence-corrected chi connectivity index (χ3v) is 7.95. The van der Waals surface area contributed by atoms with Crippen molar-refractivity contribution in [3.05, 3.63) is 107 Å². The summed E-state index contributed by atoms with van der Waals surface area (Å²) in [6.45, 7) is 4.64. The maximum atomic E-state index is 13.7. The standard InChI is InChI=1S/C35H34N2O4/c1-35(2)18-26-32-25-12-8-7-11-23(25)13-15-27(32)37-34(33(26)28(38)19-35)24-14-16-29(30(17-24)40-3)41-21-31(39)36-20-22-9-5-4-6-10-22/h4-17,34,37H,18-21H2,1-3H3,(H,36,39). The molecule has 1 atom stereocenters. The Kier molecular flexibility index (Phi) is 7.00. The molecule has 6 heteroatoms. The van der Waals surface area contributed by atoms with Crippen LogP contribution in [0.4, 0.5) is 5.69 Å². The minimum Gasteiger partial charge on any atom is -0.493 e. The molecule has 0 fully saturated rings. The van der Waals surface area contributed by atoms with Gasteiger partial charge in [0.05, 0.1) is 13.2 Å². The third kappa shape index (κ3) is 5.30. The molecule has 4 aromatic rings. The number of nitrogens with one attached hydrogen (secondary N) is 2. The van der Waals surface area contributed by atoms with Gasteiger partial charge in [0, 0.05) is 29.8 Å². The lowest BCUT2D eigenvalue weighted by Crippen LogP contribution is -2.33. The van der Waals surface area contributed by atoms with Crippen LogP contribution < -0.4 is 20.1 Å². The van der Waals surface area contributed by atoms with Crippen molar-refractivity contribution >= 4 is 33.7 Å². The van der Waals surface area contributed by atoms with Crippen LogP contribution >= 0.6 is 0 Å². The number of hydrogen-bond donors (Lipinski definition) is 2. The molecule has 0 bridgehead atoms. The Labute approximate surface area is 240 Å². The first-order valence-corrected chi connectivity index (χ1v) is 14.0. The highest BCUT2D eigenvalue weighted by Gasteiger charge is 2.41. The second-order valence-electron chi connectivity index (χ2n) is 11.6. The van der Waals surface area contributed by atoms with Crippen LogP contribution in [0, 0.1) is 5.41 Å². The summed E-state index contributed by atoms with van der Waals surface area (Å²) >= 11 is 0. The minimum atomic E-state index is -0.320. The minimum absolute atomic E-state index is 0.123. The number of ketones is 1. The van der Waals surface area contributed by atoms with Gasteiger partial charge in [0.2, 0.25) is 0 Å². The van der Waals surface area contributed by atoms with Crippen LogP contribution in [0.5, 0.6) is 11.5 Å². The molecule has 208 valence electrons. The van der Waals surface area contributed by atoms with Crippen LogP contribution in [0.3, 0.4) is 0 Å². The zero-order chi connectivity index (χ0) is 28.6. The maximum absolute atomic E-state index is 13.7.